The highest BCUT2D eigenvalue weighted by Crippen LogP contribution is 2.34. The van der Waals surface area contributed by atoms with Crippen molar-refractivity contribution >= 4 is 29.0 Å². The number of imide groups is 1. The number of hydrogen-bond donors (Lipinski definition) is 0. The van der Waals surface area contributed by atoms with Crippen LogP contribution in [0.2, 0.25) is 0 Å². The molecule has 0 N–H and O–H groups in total. The molecule has 1 fully saturated rings. The number of rotatable bonds is 9. The van der Waals surface area contributed by atoms with Crippen LogP contribution in [0.3, 0.4) is 0 Å². The Balaban J connectivity index is 1.40. The fourth-order valence-electron chi connectivity index (χ4n) is 3.15. The standard InChI is InChI=1S/C25H22N2O5S/c1-30-22-15-19(7-8-21(22)32-17-18-9-11-26-12-10-18)16-23-24(28)27(25(29)33-23)13-14-31-20-5-3-2-4-6-20/h2-12,15-16H,13-14,17H2,1H3/b23-16-. The molecule has 2 amide bonds. The lowest BCUT2D eigenvalue weighted by Gasteiger charge is -2.13. The van der Waals surface area contributed by atoms with Gasteiger partial charge in [0.15, 0.2) is 11.5 Å². The van der Waals surface area contributed by atoms with Crippen LogP contribution in [0.1, 0.15) is 11.1 Å². The summed E-state index contributed by atoms with van der Waals surface area (Å²) in [6.07, 6.45) is 5.10. The topological polar surface area (TPSA) is 78.0 Å². The van der Waals surface area contributed by atoms with Crippen molar-refractivity contribution < 1.29 is 23.8 Å². The molecule has 0 radical (unpaired) electrons. The Bertz CT molecular complexity index is 1150. The van der Waals surface area contributed by atoms with Crippen molar-refractivity contribution in [3.63, 3.8) is 0 Å². The quantitative estimate of drug-likeness (QED) is 0.423. The third-order valence-electron chi connectivity index (χ3n) is 4.83. The van der Waals surface area contributed by atoms with Gasteiger partial charge < -0.3 is 14.2 Å². The number of carbonyl (C=O) groups excluding carboxylic acids is 2. The van der Waals surface area contributed by atoms with E-state index in [1.807, 2.05) is 48.5 Å². The fraction of sp³-hybridized carbons (Fsp3) is 0.160. The van der Waals surface area contributed by atoms with Gasteiger partial charge in [0, 0.05) is 12.4 Å². The van der Waals surface area contributed by atoms with Crippen molar-refractivity contribution in [1.29, 1.82) is 0 Å². The molecule has 168 valence electrons. The number of hydrogen-bond acceptors (Lipinski definition) is 7. The molecule has 0 aliphatic carbocycles. The second-order valence-corrected chi connectivity index (χ2v) is 8.04. The Labute approximate surface area is 196 Å². The maximum Gasteiger partial charge on any atom is 0.293 e. The molecule has 7 nitrogen and oxygen atoms in total. The van der Waals surface area contributed by atoms with Crippen molar-refractivity contribution in [3.8, 4) is 17.2 Å². The van der Waals surface area contributed by atoms with Gasteiger partial charge in [-0.05, 0) is 65.4 Å². The Morgan fingerprint density at radius 3 is 2.52 bits per heavy atom. The summed E-state index contributed by atoms with van der Waals surface area (Å²) in [6.45, 7) is 0.789. The molecule has 0 unspecified atom stereocenters. The van der Waals surface area contributed by atoms with Crippen LogP contribution in [-0.2, 0) is 11.4 Å². The van der Waals surface area contributed by atoms with E-state index in [2.05, 4.69) is 4.98 Å². The van der Waals surface area contributed by atoms with E-state index in [0.29, 0.717) is 28.8 Å². The highest BCUT2D eigenvalue weighted by atomic mass is 32.2. The van der Waals surface area contributed by atoms with Gasteiger partial charge in [0.1, 0.15) is 19.0 Å². The first-order chi connectivity index (χ1) is 16.1. The molecule has 1 aromatic heterocycles. The first-order valence-electron chi connectivity index (χ1n) is 10.3. The number of thioether (sulfide) groups is 1. The highest BCUT2D eigenvalue weighted by molar-refractivity contribution is 8.18. The second-order valence-electron chi connectivity index (χ2n) is 7.05. The maximum atomic E-state index is 12.7. The molecule has 2 heterocycles. The third-order valence-corrected chi connectivity index (χ3v) is 5.74. The molecule has 8 heteroatoms. The number of ether oxygens (including phenoxy) is 3. The van der Waals surface area contributed by atoms with E-state index in [9.17, 15) is 9.59 Å². The molecule has 3 aromatic rings. The largest absolute Gasteiger partial charge is 0.493 e. The van der Waals surface area contributed by atoms with Gasteiger partial charge in [0.05, 0.1) is 18.6 Å². The minimum absolute atomic E-state index is 0.183. The summed E-state index contributed by atoms with van der Waals surface area (Å²) in [6, 6.07) is 18.4. The molecule has 4 rings (SSSR count). The number of methoxy groups -OCH3 is 1. The molecule has 1 aliphatic rings. The van der Waals surface area contributed by atoms with Crippen LogP contribution >= 0.6 is 11.8 Å². The zero-order valence-electron chi connectivity index (χ0n) is 18.0. The smallest absolute Gasteiger partial charge is 0.293 e. The minimum Gasteiger partial charge on any atom is -0.493 e. The van der Waals surface area contributed by atoms with Crippen LogP contribution in [0.4, 0.5) is 4.79 Å². The predicted octanol–water partition coefficient (Wildman–Crippen LogP) is 4.78. The summed E-state index contributed by atoms with van der Waals surface area (Å²) in [5.74, 6) is 1.47. The van der Waals surface area contributed by atoms with Gasteiger partial charge in [0.25, 0.3) is 11.1 Å². The monoisotopic (exact) mass is 462 g/mol. The summed E-state index contributed by atoms with van der Waals surface area (Å²) < 4.78 is 16.9. The van der Waals surface area contributed by atoms with Gasteiger partial charge in [-0.3, -0.25) is 19.5 Å². The Morgan fingerprint density at radius 2 is 1.76 bits per heavy atom. The average Bonchev–Trinajstić information content (AvgIpc) is 3.11. The van der Waals surface area contributed by atoms with Crippen molar-refractivity contribution in [3.05, 3.63) is 89.1 Å². The fourth-order valence-corrected chi connectivity index (χ4v) is 4.01. The zero-order chi connectivity index (χ0) is 23.0. The van der Waals surface area contributed by atoms with Gasteiger partial charge in [-0.15, -0.1) is 0 Å². The Morgan fingerprint density at radius 1 is 0.970 bits per heavy atom. The molecular weight excluding hydrogens is 440 g/mol. The lowest BCUT2D eigenvalue weighted by Crippen LogP contribution is -2.32. The molecular formula is C25H22N2O5S. The number of pyridine rings is 1. The molecule has 33 heavy (non-hydrogen) atoms. The average molecular weight is 463 g/mol. The first kappa shape index (κ1) is 22.4. The zero-order valence-corrected chi connectivity index (χ0v) is 18.8. The highest BCUT2D eigenvalue weighted by Gasteiger charge is 2.34. The predicted molar refractivity (Wildman–Crippen MR) is 126 cm³/mol. The Kier molecular flexibility index (Phi) is 7.26. The van der Waals surface area contributed by atoms with E-state index in [4.69, 9.17) is 14.2 Å². The molecule has 0 saturated carbocycles. The van der Waals surface area contributed by atoms with Crippen molar-refractivity contribution in [1.82, 2.24) is 9.88 Å². The number of benzene rings is 2. The van der Waals surface area contributed by atoms with Crippen LogP contribution in [0.5, 0.6) is 17.2 Å². The van der Waals surface area contributed by atoms with Gasteiger partial charge >= 0.3 is 0 Å². The summed E-state index contributed by atoms with van der Waals surface area (Å²) in [7, 11) is 1.55. The van der Waals surface area contributed by atoms with E-state index in [1.54, 1.807) is 37.7 Å². The summed E-state index contributed by atoms with van der Waals surface area (Å²) >= 11 is 0.913. The van der Waals surface area contributed by atoms with E-state index in [-0.39, 0.29) is 24.3 Å². The van der Waals surface area contributed by atoms with E-state index in [1.165, 1.54) is 4.90 Å². The molecule has 0 atom stereocenters. The lowest BCUT2D eigenvalue weighted by molar-refractivity contribution is -0.123. The molecule has 0 spiro atoms. The van der Waals surface area contributed by atoms with Crippen LogP contribution in [0.25, 0.3) is 6.08 Å². The van der Waals surface area contributed by atoms with Crippen molar-refractivity contribution in [2.45, 2.75) is 6.61 Å². The maximum absolute atomic E-state index is 12.7. The number of aromatic nitrogens is 1. The van der Waals surface area contributed by atoms with Crippen molar-refractivity contribution in [2.24, 2.45) is 0 Å². The van der Waals surface area contributed by atoms with E-state index >= 15 is 0 Å². The van der Waals surface area contributed by atoms with Crippen LogP contribution in [0.15, 0.2) is 78.0 Å². The van der Waals surface area contributed by atoms with Gasteiger partial charge in [-0.25, -0.2) is 0 Å². The number of para-hydroxylation sites is 1. The normalized spacial score (nSPS) is 14.6. The first-order valence-corrected chi connectivity index (χ1v) is 11.1. The van der Waals surface area contributed by atoms with E-state index in [0.717, 1.165) is 22.9 Å². The molecule has 1 aliphatic heterocycles. The Hall–Kier alpha value is -3.78. The van der Waals surface area contributed by atoms with Crippen LogP contribution in [0, 0.1) is 0 Å². The number of nitrogens with zero attached hydrogens (tertiary/aromatic N) is 2. The van der Waals surface area contributed by atoms with E-state index < -0.39 is 0 Å². The SMILES string of the molecule is COc1cc(/C=C2\SC(=O)N(CCOc3ccccc3)C2=O)ccc1OCc1ccncc1. The number of carbonyl (C=O) groups is 2. The van der Waals surface area contributed by atoms with Crippen LogP contribution < -0.4 is 14.2 Å². The van der Waals surface area contributed by atoms with Gasteiger partial charge in [-0.1, -0.05) is 24.3 Å². The van der Waals surface area contributed by atoms with Crippen molar-refractivity contribution in [2.75, 3.05) is 20.3 Å². The van der Waals surface area contributed by atoms with Gasteiger partial charge in [0.2, 0.25) is 0 Å². The van der Waals surface area contributed by atoms with Gasteiger partial charge in [-0.2, -0.15) is 0 Å². The van der Waals surface area contributed by atoms with Crippen LogP contribution in [-0.4, -0.2) is 41.3 Å². The molecule has 0 bridgehead atoms. The summed E-state index contributed by atoms with van der Waals surface area (Å²) in [5.41, 5.74) is 1.72. The third kappa shape index (κ3) is 5.72. The summed E-state index contributed by atoms with van der Waals surface area (Å²) in [4.78, 5) is 30.6. The molecule has 1 saturated heterocycles. The number of amides is 2. The second kappa shape index (κ2) is 10.7. The minimum atomic E-state index is -0.335. The molecule has 2 aromatic carbocycles. The summed E-state index contributed by atoms with van der Waals surface area (Å²) in [5, 5.41) is -0.313. The lowest BCUT2D eigenvalue weighted by atomic mass is 10.2.